The van der Waals surface area contributed by atoms with Crippen molar-refractivity contribution in [2.75, 3.05) is 7.05 Å². The van der Waals surface area contributed by atoms with Gasteiger partial charge in [0.15, 0.2) is 0 Å². The Labute approximate surface area is 133 Å². The van der Waals surface area contributed by atoms with Gasteiger partial charge in [0.05, 0.1) is 10.6 Å². The minimum Gasteiger partial charge on any atom is -0.443 e. The second-order valence-corrected chi connectivity index (χ2v) is 5.76. The van der Waals surface area contributed by atoms with Gasteiger partial charge in [0.25, 0.3) is 11.8 Å². The van der Waals surface area contributed by atoms with Crippen molar-refractivity contribution in [2.24, 2.45) is 0 Å². The molecule has 0 unspecified atom stereocenters. The highest BCUT2D eigenvalue weighted by Crippen LogP contribution is 2.17. The SMILES string of the molecule is CNC(=O)c1ccc(C(=O)NNC(=O)OC(C)(C)C)cc1Cl. The van der Waals surface area contributed by atoms with Gasteiger partial charge in [-0.15, -0.1) is 0 Å². The third-order valence-corrected chi connectivity index (χ3v) is 2.69. The van der Waals surface area contributed by atoms with E-state index in [0.717, 1.165) is 0 Å². The van der Waals surface area contributed by atoms with E-state index in [2.05, 4.69) is 16.2 Å². The topological polar surface area (TPSA) is 96.5 Å². The van der Waals surface area contributed by atoms with Crippen LogP contribution in [0, 0.1) is 0 Å². The molecule has 0 radical (unpaired) electrons. The molecule has 8 heteroatoms. The lowest BCUT2D eigenvalue weighted by Crippen LogP contribution is -2.44. The van der Waals surface area contributed by atoms with Gasteiger partial charge in [-0.1, -0.05) is 11.6 Å². The lowest BCUT2D eigenvalue weighted by molar-refractivity contribution is 0.0483. The van der Waals surface area contributed by atoms with E-state index in [1.54, 1.807) is 20.8 Å². The Hall–Kier alpha value is -2.28. The second-order valence-electron chi connectivity index (χ2n) is 5.35. The third-order valence-electron chi connectivity index (χ3n) is 2.38. The van der Waals surface area contributed by atoms with Gasteiger partial charge in [-0.2, -0.15) is 0 Å². The predicted molar refractivity (Wildman–Crippen MR) is 81.7 cm³/mol. The number of amides is 3. The van der Waals surface area contributed by atoms with Gasteiger partial charge < -0.3 is 10.1 Å². The molecule has 1 rings (SSSR count). The molecule has 7 nitrogen and oxygen atoms in total. The molecule has 0 saturated heterocycles. The van der Waals surface area contributed by atoms with Crippen molar-refractivity contribution in [3.63, 3.8) is 0 Å². The van der Waals surface area contributed by atoms with E-state index in [4.69, 9.17) is 16.3 Å². The average molecular weight is 328 g/mol. The van der Waals surface area contributed by atoms with Gasteiger partial charge in [-0.3, -0.25) is 15.0 Å². The minimum atomic E-state index is -0.783. The minimum absolute atomic E-state index is 0.129. The Morgan fingerprint density at radius 1 is 1.09 bits per heavy atom. The summed E-state index contributed by atoms with van der Waals surface area (Å²) in [5.41, 5.74) is 4.08. The Bertz CT molecular complexity index is 596. The molecule has 22 heavy (non-hydrogen) atoms. The molecule has 1 aromatic rings. The van der Waals surface area contributed by atoms with Crippen LogP contribution < -0.4 is 16.2 Å². The highest BCUT2D eigenvalue weighted by atomic mass is 35.5. The summed E-state index contributed by atoms with van der Waals surface area (Å²) >= 11 is 5.94. The van der Waals surface area contributed by atoms with Crippen LogP contribution in [0.4, 0.5) is 4.79 Å². The Balaban J connectivity index is 2.69. The molecule has 0 fully saturated rings. The fourth-order valence-corrected chi connectivity index (χ4v) is 1.73. The molecule has 3 N–H and O–H groups in total. The summed E-state index contributed by atoms with van der Waals surface area (Å²) in [7, 11) is 1.48. The zero-order chi connectivity index (χ0) is 16.9. The molecule has 120 valence electrons. The Morgan fingerprint density at radius 3 is 2.23 bits per heavy atom. The van der Waals surface area contributed by atoms with Crippen LogP contribution in [0.2, 0.25) is 5.02 Å². The lowest BCUT2D eigenvalue weighted by Gasteiger charge is -2.19. The Morgan fingerprint density at radius 2 is 1.73 bits per heavy atom. The first kappa shape index (κ1) is 17.8. The lowest BCUT2D eigenvalue weighted by atomic mass is 10.1. The molecule has 0 aromatic heterocycles. The maximum absolute atomic E-state index is 11.9. The fraction of sp³-hybridized carbons (Fsp3) is 0.357. The number of rotatable bonds is 2. The molecular weight excluding hydrogens is 310 g/mol. The van der Waals surface area contributed by atoms with Crippen LogP contribution in [-0.4, -0.2) is 30.6 Å². The average Bonchev–Trinajstić information content (AvgIpc) is 2.42. The summed E-state index contributed by atoms with van der Waals surface area (Å²) < 4.78 is 4.97. The molecule has 0 bridgehead atoms. The van der Waals surface area contributed by atoms with Crippen LogP contribution in [0.3, 0.4) is 0 Å². The first-order chi connectivity index (χ1) is 10.1. The van der Waals surface area contributed by atoms with Gasteiger partial charge in [-0.05, 0) is 39.0 Å². The molecule has 0 spiro atoms. The summed E-state index contributed by atoms with van der Waals surface area (Å²) in [6.45, 7) is 5.10. The first-order valence-electron chi connectivity index (χ1n) is 6.45. The molecule has 3 amide bonds. The molecule has 0 aliphatic carbocycles. The number of carbonyl (C=O) groups is 3. The van der Waals surface area contributed by atoms with Crippen LogP contribution in [0.15, 0.2) is 18.2 Å². The number of nitrogens with one attached hydrogen (secondary N) is 3. The molecule has 0 saturated carbocycles. The van der Waals surface area contributed by atoms with Gasteiger partial charge in [0, 0.05) is 12.6 Å². The molecular formula is C14H18ClN3O4. The van der Waals surface area contributed by atoms with Crippen molar-refractivity contribution in [3.05, 3.63) is 34.3 Å². The zero-order valence-electron chi connectivity index (χ0n) is 12.7. The van der Waals surface area contributed by atoms with Crippen LogP contribution in [0.1, 0.15) is 41.5 Å². The Kier molecular flexibility index (Phi) is 5.76. The summed E-state index contributed by atoms with van der Waals surface area (Å²) in [5.74, 6) is -0.944. The number of benzene rings is 1. The van der Waals surface area contributed by atoms with E-state index >= 15 is 0 Å². The number of halogens is 1. The van der Waals surface area contributed by atoms with Crippen molar-refractivity contribution in [2.45, 2.75) is 26.4 Å². The first-order valence-corrected chi connectivity index (χ1v) is 6.83. The number of hydrazine groups is 1. The van der Waals surface area contributed by atoms with E-state index in [9.17, 15) is 14.4 Å². The highest BCUT2D eigenvalue weighted by Gasteiger charge is 2.17. The third kappa shape index (κ3) is 5.25. The van der Waals surface area contributed by atoms with E-state index in [-0.39, 0.29) is 22.1 Å². The quantitative estimate of drug-likeness (QED) is 0.722. The molecule has 0 aliphatic rings. The number of hydrogen-bond acceptors (Lipinski definition) is 4. The number of hydrogen-bond donors (Lipinski definition) is 3. The van der Waals surface area contributed by atoms with E-state index < -0.39 is 17.6 Å². The number of carbonyl (C=O) groups excluding carboxylic acids is 3. The van der Waals surface area contributed by atoms with Crippen LogP contribution in [0.25, 0.3) is 0 Å². The van der Waals surface area contributed by atoms with E-state index in [1.165, 1.54) is 25.2 Å². The summed E-state index contributed by atoms with van der Waals surface area (Å²) in [6.07, 6.45) is -0.783. The predicted octanol–water partition coefficient (Wildman–Crippen LogP) is 1.87. The highest BCUT2D eigenvalue weighted by molar-refractivity contribution is 6.34. The van der Waals surface area contributed by atoms with Gasteiger partial charge >= 0.3 is 6.09 Å². The van der Waals surface area contributed by atoms with Crippen molar-refractivity contribution < 1.29 is 19.1 Å². The van der Waals surface area contributed by atoms with Gasteiger partial charge in [0.2, 0.25) is 0 Å². The summed E-state index contributed by atoms with van der Waals surface area (Å²) in [6, 6.07) is 4.17. The van der Waals surface area contributed by atoms with Crippen molar-refractivity contribution in [1.82, 2.24) is 16.2 Å². The normalized spacial score (nSPS) is 10.6. The summed E-state index contributed by atoms with van der Waals surface area (Å²) in [4.78, 5) is 34.8. The van der Waals surface area contributed by atoms with Crippen LogP contribution in [0.5, 0.6) is 0 Å². The van der Waals surface area contributed by atoms with Crippen LogP contribution in [-0.2, 0) is 4.74 Å². The molecule has 1 aromatic carbocycles. The second kappa shape index (κ2) is 7.13. The van der Waals surface area contributed by atoms with E-state index in [1.807, 2.05) is 0 Å². The van der Waals surface area contributed by atoms with E-state index in [0.29, 0.717) is 0 Å². The van der Waals surface area contributed by atoms with Crippen LogP contribution >= 0.6 is 11.6 Å². The summed E-state index contributed by atoms with van der Waals surface area (Å²) in [5, 5.41) is 2.56. The fourth-order valence-electron chi connectivity index (χ4n) is 1.46. The zero-order valence-corrected chi connectivity index (χ0v) is 13.5. The maximum atomic E-state index is 11.9. The van der Waals surface area contributed by atoms with Gasteiger partial charge in [0.1, 0.15) is 5.60 Å². The van der Waals surface area contributed by atoms with Gasteiger partial charge in [-0.25, -0.2) is 10.2 Å². The molecule has 0 heterocycles. The smallest absolute Gasteiger partial charge is 0.426 e. The van der Waals surface area contributed by atoms with Crippen molar-refractivity contribution in [1.29, 1.82) is 0 Å². The molecule has 0 aliphatic heterocycles. The standard InChI is InChI=1S/C14H18ClN3O4/c1-14(2,3)22-13(21)18-17-11(19)8-5-6-9(10(15)7-8)12(20)16-4/h5-7H,1-4H3,(H,16,20)(H,17,19)(H,18,21). The number of ether oxygens (including phenoxy) is 1. The maximum Gasteiger partial charge on any atom is 0.426 e. The largest absolute Gasteiger partial charge is 0.443 e. The monoisotopic (exact) mass is 327 g/mol. The van der Waals surface area contributed by atoms with Crippen molar-refractivity contribution in [3.8, 4) is 0 Å². The van der Waals surface area contributed by atoms with Crippen molar-refractivity contribution >= 4 is 29.5 Å². The molecule has 0 atom stereocenters.